The second kappa shape index (κ2) is 13.7. The summed E-state index contributed by atoms with van der Waals surface area (Å²) < 4.78 is 14.2. The van der Waals surface area contributed by atoms with Gasteiger partial charge < -0.3 is 9.47 Å². The molecule has 1 aliphatic carbocycles. The summed E-state index contributed by atoms with van der Waals surface area (Å²) in [5.41, 5.74) is 4.76. The van der Waals surface area contributed by atoms with Gasteiger partial charge in [0.1, 0.15) is 13.2 Å². The van der Waals surface area contributed by atoms with Gasteiger partial charge in [0, 0.05) is 26.4 Å². The van der Waals surface area contributed by atoms with Gasteiger partial charge in [-0.25, -0.2) is 9.56 Å². The van der Waals surface area contributed by atoms with Crippen LogP contribution in [0, 0.1) is 6.92 Å². The Morgan fingerprint density at radius 2 is 1.76 bits per heavy atom. The summed E-state index contributed by atoms with van der Waals surface area (Å²) in [6, 6.07) is 10.9. The van der Waals surface area contributed by atoms with Crippen molar-refractivity contribution in [3.05, 3.63) is 46.8 Å². The molecule has 8 heteroatoms. The van der Waals surface area contributed by atoms with Crippen molar-refractivity contribution >= 4 is 58.8 Å². The van der Waals surface area contributed by atoms with Crippen molar-refractivity contribution in [2.45, 2.75) is 20.3 Å². The van der Waals surface area contributed by atoms with Gasteiger partial charge in [-0.15, -0.1) is 11.3 Å². The molecule has 2 aliphatic rings. The number of aryl methyl sites for hydroxylation is 2. The van der Waals surface area contributed by atoms with Crippen molar-refractivity contribution in [3.63, 3.8) is 0 Å². The number of nitrogens with zero attached hydrogens (tertiary/aromatic N) is 2. The molecule has 0 N–H and O–H groups in total. The predicted octanol–water partition coefficient (Wildman–Crippen LogP) is 2.11. The van der Waals surface area contributed by atoms with E-state index in [9.17, 15) is 0 Å². The molecule has 1 aromatic carbocycles. The third-order valence-electron chi connectivity index (χ3n) is 4.66. The van der Waals surface area contributed by atoms with Gasteiger partial charge in [-0.3, -0.25) is 0 Å². The van der Waals surface area contributed by atoms with Gasteiger partial charge in [0.2, 0.25) is 5.36 Å². The summed E-state index contributed by atoms with van der Waals surface area (Å²) in [5.74, 6) is 0. The van der Waals surface area contributed by atoms with E-state index < -0.39 is 0 Å². The molecule has 0 unspecified atom stereocenters. The number of fused-ring (bicyclic) bond motifs is 2. The van der Waals surface area contributed by atoms with E-state index in [2.05, 4.69) is 86.0 Å². The van der Waals surface area contributed by atoms with E-state index in [1.165, 1.54) is 26.1 Å². The molecule has 1 heterocycles. The first-order valence-corrected chi connectivity index (χ1v) is 22.7. The van der Waals surface area contributed by atoms with Crippen LogP contribution in [-0.4, -0.2) is 45.5 Å². The molecular formula is C21H27I3N2O2S. The Balaban J connectivity index is 0.000000941. The van der Waals surface area contributed by atoms with Gasteiger partial charge in [0.15, 0.2) is 13.1 Å². The zero-order valence-electron chi connectivity index (χ0n) is 17.2. The first-order chi connectivity index (χ1) is 14.1. The van der Waals surface area contributed by atoms with Crippen molar-refractivity contribution < 1.29 is 22.7 Å². The van der Waals surface area contributed by atoms with Crippen LogP contribution in [0.4, 0.5) is 0 Å². The van der Waals surface area contributed by atoms with Crippen LogP contribution >= 0.6 is 48.6 Å². The number of aromatic nitrogens is 1. The maximum atomic E-state index is 5.30. The average molecular weight is 752 g/mol. The van der Waals surface area contributed by atoms with Crippen molar-refractivity contribution in [1.29, 1.82) is 0 Å². The average Bonchev–Trinajstić information content (AvgIpc) is 2.73. The minimum absolute atomic E-state index is 0.530. The summed E-state index contributed by atoms with van der Waals surface area (Å²) in [6.45, 7) is 7.41. The third-order valence-corrected chi connectivity index (χ3v) is 5.74. The van der Waals surface area contributed by atoms with Crippen molar-refractivity contribution in [2.75, 3.05) is 40.5 Å². The van der Waals surface area contributed by atoms with Crippen LogP contribution in [0.1, 0.15) is 18.1 Å². The number of halogens is 3. The molecule has 0 fully saturated rings. The van der Waals surface area contributed by atoms with Crippen molar-refractivity contribution in [2.24, 2.45) is 0 Å². The Morgan fingerprint density at radius 1 is 1.10 bits per heavy atom. The van der Waals surface area contributed by atoms with Gasteiger partial charge in [-0.1, -0.05) is 19.1 Å². The van der Waals surface area contributed by atoms with E-state index in [1.54, 1.807) is 14.2 Å². The fraction of sp³-hybridized carbons (Fsp3) is 0.429. The van der Waals surface area contributed by atoms with Gasteiger partial charge in [-0.05, 0) is 30.5 Å². The zero-order chi connectivity index (χ0) is 21.2. The van der Waals surface area contributed by atoms with Crippen LogP contribution in [0.5, 0.6) is 0 Å². The predicted molar refractivity (Wildman–Crippen MR) is 137 cm³/mol. The molecule has 1 aliphatic heterocycles. The molecule has 0 spiro atoms. The topological polar surface area (TPSA) is 34.4 Å². The molecular weight excluding hydrogens is 725 g/mol. The third kappa shape index (κ3) is 7.19. The summed E-state index contributed by atoms with van der Waals surface area (Å²) in [4.78, 5) is 6.25. The van der Waals surface area contributed by atoms with Crippen LogP contribution in [0.25, 0.3) is 20.8 Å². The molecule has 0 radical (unpaired) electrons. The quantitative estimate of drug-likeness (QED) is 0.211. The second-order valence-electron chi connectivity index (χ2n) is 6.47. The molecule has 3 rings (SSSR count). The normalized spacial score (nSPS) is 11.0. The number of para-hydroxylation sites is 1. The van der Waals surface area contributed by atoms with E-state index >= 15 is 0 Å². The monoisotopic (exact) mass is 752 g/mol. The second-order valence-corrected chi connectivity index (χ2v) is 23.8. The Morgan fingerprint density at radius 3 is 2.34 bits per heavy atom. The molecule has 0 saturated heterocycles. The van der Waals surface area contributed by atoms with E-state index in [1.807, 2.05) is 11.3 Å². The van der Waals surface area contributed by atoms with Gasteiger partial charge >= 0.3 is 50.5 Å². The molecule has 0 atom stereocenters. The summed E-state index contributed by atoms with van der Waals surface area (Å²) in [5, 5.41) is 1.22. The Labute approximate surface area is 207 Å². The van der Waals surface area contributed by atoms with E-state index in [0.29, 0.717) is 26.5 Å². The number of methoxy groups -OCH3 is 2. The van der Waals surface area contributed by atoms with E-state index in [0.717, 1.165) is 30.7 Å². The first kappa shape index (κ1) is 25.6. The fourth-order valence-corrected chi connectivity index (χ4v) is 4.31. The van der Waals surface area contributed by atoms with Crippen molar-refractivity contribution in [3.8, 4) is 10.6 Å². The molecule has 29 heavy (non-hydrogen) atoms. The molecule has 160 valence electrons. The Kier molecular flexibility index (Phi) is 12.1. The number of hydrogen-bond acceptors (Lipinski definition) is 4. The van der Waals surface area contributed by atoms with Crippen molar-refractivity contribution in [1.82, 2.24) is 9.56 Å². The number of hydrogen-bond donors (Lipinski definition) is 0. The van der Waals surface area contributed by atoms with Gasteiger partial charge in [-0.2, -0.15) is 0 Å². The SMILES string of the molecule is CCc1cc(=[N+](CCOC)CCOC)cc2sc3cccc(C)c3nc1-2.I[I-]I. The summed E-state index contributed by atoms with van der Waals surface area (Å²) in [7, 11) is 3.49. The molecule has 0 saturated carbocycles. The zero-order valence-corrected chi connectivity index (χ0v) is 24.5. The minimum atomic E-state index is 0.530. The Bertz CT molecular complexity index is 952. The number of ether oxygens (including phenoxy) is 2. The van der Waals surface area contributed by atoms with Gasteiger partial charge in [0.05, 0.1) is 20.8 Å². The fourth-order valence-electron chi connectivity index (χ4n) is 3.17. The van der Waals surface area contributed by atoms with Crippen LogP contribution in [0.3, 0.4) is 0 Å². The molecule has 0 bridgehead atoms. The molecule has 0 amide bonds. The Hall–Kier alpha value is 0.370. The summed E-state index contributed by atoms with van der Waals surface area (Å²) in [6.07, 6.45) is 0.962. The van der Waals surface area contributed by atoms with Gasteiger partial charge in [0.25, 0.3) is 0 Å². The van der Waals surface area contributed by atoms with Crippen LogP contribution < -0.4 is 23.2 Å². The number of rotatable bonds is 7. The molecule has 4 nitrogen and oxygen atoms in total. The molecule has 1 aromatic rings. The van der Waals surface area contributed by atoms with Crippen LogP contribution in [0.15, 0.2) is 30.3 Å². The van der Waals surface area contributed by atoms with E-state index in [-0.39, 0.29) is 0 Å². The van der Waals surface area contributed by atoms with Crippen LogP contribution in [-0.2, 0) is 15.9 Å². The maximum absolute atomic E-state index is 5.30. The van der Waals surface area contributed by atoms with E-state index in [4.69, 9.17) is 14.5 Å². The number of benzene rings is 2. The van der Waals surface area contributed by atoms with Crippen LogP contribution in [0.2, 0.25) is 0 Å². The molecule has 0 aromatic heterocycles. The first-order valence-electron chi connectivity index (χ1n) is 9.35. The standard InChI is InChI=1S/C21H27N2O2S.I3/c1-5-16-13-17(23(9-11-24-3)10-12-25-4)14-19-21(16)22-20-15(2)7-6-8-18(20)26-19;1-3-2/h6-8,13-14H,5,9-12H2,1-4H3;/q+1;-1. The summed E-state index contributed by atoms with van der Waals surface area (Å²) >= 11 is 7.12.